The molecule has 8 heteroatoms. The van der Waals surface area contributed by atoms with Crippen LogP contribution < -0.4 is 10.6 Å². The molecule has 0 bridgehead atoms. The Hall–Kier alpha value is -2.19. The maximum absolute atomic E-state index is 13.6. The summed E-state index contributed by atoms with van der Waals surface area (Å²) in [5.41, 5.74) is 0.959. The van der Waals surface area contributed by atoms with E-state index >= 15 is 0 Å². The molecule has 24 heavy (non-hydrogen) atoms. The van der Waals surface area contributed by atoms with Crippen LogP contribution >= 0.6 is 23.6 Å². The Morgan fingerprint density at radius 2 is 1.88 bits per heavy atom. The minimum Gasteiger partial charge on any atom is -0.362 e. The highest BCUT2D eigenvalue weighted by atomic mass is 32.1. The zero-order valence-corrected chi connectivity index (χ0v) is 13.9. The lowest BCUT2D eigenvalue weighted by Gasteiger charge is -2.09. The number of rotatable bonds is 4. The van der Waals surface area contributed by atoms with Gasteiger partial charge in [-0.1, -0.05) is 29.5 Å². The Labute approximate surface area is 145 Å². The first-order valence-corrected chi connectivity index (χ1v) is 8.30. The van der Waals surface area contributed by atoms with Crippen LogP contribution in [-0.2, 0) is 6.42 Å². The predicted molar refractivity (Wildman–Crippen MR) is 93.9 cm³/mol. The molecule has 0 aliphatic rings. The van der Waals surface area contributed by atoms with Gasteiger partial charge in [0.25, 0.3) is 0 Å². The van der Waals surface area contributed by atoms with Crippen LogP contribution in [0.25, 0.3) is 10.2 Å². The second-order valence-corrected chi connectivity index (χ2v) is 6.39. The predicted octanol–water partition coefficient (Wildman–Crippen LogP) is 4.24. The lowest BCUT2D eigenvalue weighted by molar-refractivity contribution is 0.441. The monoisotopic (exact) mass is 367 g/mol. The summed E-state index contributed by atoms with van der Waals surface area (Å²) < 4.78 is 40.6. The number of nitrogens with one attached hydrogen (secondary N) is 2. The normalized spacial score (nSPS) is 10.8. The second-order valence-electron chi connectivity index (χ2n) is 4.95. The van der Waals surface area contributed by atoms with Crippen molar-refractivity contribution in [2.24, 2.45) is 0 Å². The third kappa shape index (κ3) is 3.65. The van der Waals surface area contributed by atoms with Gasteiger partial charge in [-0.15, -0.1) is 0 Å². The summed E-state index contributed by atoms with van der Waals surface area (Å²) in [7, 11) is 0. The first-order chi connectivity index (χ1) is 11.5. The average molecular weight is 367 g/mol. The van der Waals surface area contributed by atoms with Crippen LogP contribution in [-0.4, -0.2) is 16.6 Å². The molecule has 2 aromatic carbocycles. The molecule has 0 amide bonds. The molecule has 124 valence electrons. The number of anilines is 1. The Morgan fingerprint density at radius 1 is 1.08 bits per heavy atom. The smallest absolute Gasteiger partial charge is 0.194 e. The second kappa shape index (κ2) is 7.14. The minimum absolute atomic E-state index is 0.0872. The van der Waals surface area contributed by atoms with Gasteiger partial charge in [0.15, 0.2) is 27.7 Å². The van der Waals surface area contributed by atoms with Gasteiger partial charge >= 0.3 is 0 Å². The summed E-state index contributed by atoms with van der Waals surface area (Å²) in [5, 5.41) is 6.82. The van der Waals surface area contributed by atoms with E-state index < -0.39 is 17.5 Å². The number of hydrogen-bond donors (Lipinski definition) is 2. The Balaban J connectivity index is 1.55. The largest absolute Gasteiger partial charge is 0.362 e. The van der Waals surface area contributed by atoms with Crippen LogP contribution in [0.4, 0.5) is 18.3 Å². The van der Waals surface area contributed by atoms with E-state index in [1.165, 1.54) is 17.4 Å². The number of para-hydroxylation sites is 1. The van der Waals surface area contributed by atoms with Crippen molar-refractivity contribution in [1.29, 1.82) is 0 Å². The first kappa shape index (κ1) is 16.7. The molecule has 3 nitrogen and oxygen atoms in total. The van der Waals surface area contributed by atoms with Gasteiger partial charge in [-0.05, 0) is 42.4 Å². The quantitative estimate of drug-likeness (QED) is 0.534. The number of thiazole rings is 1. The zero-order chi connectivity index (χ0) is 17.1. The van der Waals surface area contributed by atoms with Crippen LogP contribution in [0.2, 0.25) is 0 Å². The van der Waals surface area contributed by atoms with Gasteiger partial charge in [0.05, 0.1) is 10.2 Å². The van der Waals surface area contributed by atoms with Gasteiger partial charge in [0.2, 0.25) is 0 Å². The standard InChI is InChI=1S/C16H12F3N3S2/c17-10-6-5-9(13(18)14(10)19)7-8-20-15(23)22-16-21-11-3-1-2-4-12(11)24-16/h1-6H,7-8H2,(H2,20,21,22,23). The molecule has 0 aliphatic carbocycles. The molecule has 0 atom stereocenters. The van der Waals surface area contributed by atoms with Crippen molar-refractivity contribution < 1.29 is 13.2 Å². The van der Waals surface area contributed by atoms with Crippen molar-refractivity contribution in [2.75, 3.05) is 11.9 Å². The Morgan fingerprint density at radius 3 is 2.67 bits per heavy atom. The van der Waals surface area contributed by atoms with Crippen LogP contribution in [0.5, 0.6) is 0 Å². The first-order valence-electron chi connectivity index (χ1n) is 7.07. The highest BCUT2D eigenvalue weighted by molar-refractivity contribution is 7.80. The molecule has 0 radical (unpaired) electrons. The molecule has 3 rings (SSSR count). The number of hydrogen-bond acceptors (Lipinski definition) is 3. The van der Waals surface area contributed by atoms with Crippen molar-refractivity contribution >= 4 is 44.0 Å². The van der Waals surface area contributed by atoms with Gasteiger partial charge in [-0.25, -0.2) is 18.2 Å². The van der Waals surface area contributed by atoms with Crippen LogP contribution in [0, 0.1) is 17.5 Å². The van der Waals surface area contributed by atoms with E-state index in [4.69, 9.17) is 12.2 Å². The lowest BCUT2D eigenvalue weighted by atomic mass is 10.1. The van der Waals surface area contributed by atoms with Gasteiger partial charge < -0.3 is 10.6 Å². The van der Waals surface area contributed by atoms with Crippen molar-refractivity contribution in [2.45, 2.75) is 6.42 Å². The summed E-state index contributed by atoms with van der Waals surface area (Å²) >= 11 is 6.61. The minimum atomic E-state index is -1.46. The number of benzene rings is 2. The summed E-state index contributed by atoms with van der Waals surface area (Å²) in [4.78, 5) is 4.38. The third-order valence-electron chi connectivity index (χ3n) is 3.31. The topological polar surface area (TPSA) is 37.0 Å². The zero-order valence-electron chi connectivity index (χ0n) is 12.3. The molecule has 1 heterocycles. The van der Waals surface area contributed by atoms with Gasteiger partial charge in [0.1, 0.15) is 0 Å². The average Bonchev–Trinajstić information content (AvgIpc) is 2.97. The van der Waals surface area contributed by atoms with E-state index in [9.17, 15) is 13.2 Å². The maximum Gasteiger partial charge on any atom is 0.194 e. The number of aromatic nitrogens is 1. The van der Waals surface area contributed by atoms with E-state index in [1.807, 2.05) is 24.3 Å². The molecule has 0 unspecified atom stereocenters. The maximum atomic E-state index is 13.6. The highest BCUT2D eigenvalue weighted by Crippen LogP contribution is 2.25. The Bertz CT molecular complexity index is 862. The Kier molecular flexibility index (Phi) is 4.96. The van der Waals surface area contributed by atoms with E-state index in [-0.39, 0.29) is 18.5 Å². The summed E-state index contributed by atoms with van der Waals surface area (Å²) in [5.74, 6) is -3.82. The van der Waals surface area contributed by atoms with Crippen molar-refractivity contribution in [3.05, 3.63) is 59.4 Å². The molecular weight excluding hydrogens is 355 g/mol. The van der Waals surface area contributed by atoms with Gasteiger partial charge in [-0.2, -0.15) is 0 Å². The van der Waals surface area contributed by atoms with E-state index in [0.717, 1.165) is 16.3 Å². The number of thiocarbonyl (C=S) groups is 1. The molecule has 1 aromatic heterocycles. The fourth-order valence-electron chi connectivity index (χ4n) is 2.14. The van der Waals surface area contributed by atoms with E-state index in [0.29, 0.717) is 10.2 Å². The van der Waals surface area contributed by atoms with Crippen LogP contribution in [0.1, 0.15) is 5.56 Å². The fourth-order valence-corrected chi connectivity index (χ4v) is 3.27. The molecule has 0 saturated heterocycles. The van der Waals surface area contributed by atoms with Crippen molar-refractivity contribution in [1.82, 2.24) is 10.3 Å². The van der Waals surface area contributed by atoms with E-state index in [1.54, 1.807) is 0 Å². The molecule has 3 aromatic rings. The SMILES string of the molecule is Fc1ccc(CCNC(=S)Nc2nc3ccccc3s2)c(F)c1F. The molecule has 2 N–H and O–H groups in total. The third-order valence-corrected chi connectivity index (χ3v) is 4.51. The molecule has 0 spiro atoms. The van der Waals surface area contributed by atoms with E-state index in [2.05, 4.69) is 15.6 Å². The highest BCUT2D eigenvalue weighted by Gasteiger charge is 2.13. The van der Waals surface area contributed by atoms with Gasteiger partial charge in [-0.3, -0.25) is 0 Å². The van der Waals surface area contributed by atoms with Crippen molar-refractivity contribution in [3.63, 3.8) is 0 Å². The molecule has 0 aliphatic heterocycles. The fraction of sp³-hybridized carbons (Fsp3) is 0.125. The summed E-state index contributed by atoms with van der Waals surface area (Å²) in [6.07, 6.45) is 0.171. The molecular formula is C16H12F3N3S2. The number of halogens is 3. The number of nitrogens with zero attached hydrogens (tertiary/aromatic N) is 1. The summed E-state index contributed by atoms with van der Waals surface area (Å²) in [6.45, 7) is 0.277. The summed E-state index contributed by atoms with van der Waals surface area (Å²) in [6, 6.07) is 9.82. The van der Waals surface area contributed by atoms with Crippen LogP contribution in [0.15, 0.2) is 36.4 Å². The number of fused-ring (bicyclic) bond motifs is 1. The van der Waals surface area contributed by atoms with Crippen molar-refractivity contribution in [3.8, 4) is 0 Å². The van der Waals surface area contributed by atoms with Crippen LogP contribution in [0.3, 0.4) is 0 Å². The molecule has 0 saturated carbocycles. The lowest BCUT2D eigenvalue weighted by Crippen LogP contribution is -2.30. The van der Waals surface area contributed by atoms with Gasteiger partial charge in [0, 0.05) is 6.54 Å². The molecule has 0 fully saturated rings.